The second kappa shape index (κ2) is 2.96. The molecule has 2 aliphatic rings. The van der Waals surface area contributed by atoms with Crippen LogP contribution in [0.1, 0.15) is 40.5 Å². The number of hydrogen-bond acceptors (Lipinski definition) is 2. The van der Waals surface area contributed by atoms with Gasteiger partial charge >= 0.3 is 0 Å². The molecule has 2 unspecified atom stereocenters. The number of ether oxygens (including phenoxy) is 2. The van der Waals surface area contributed by atoms with Crippen LogP contribution in [0.4, 0.5) is 0 Å². The molecule has 2 fully saturated rings. The first-order valence-corrected chi connectivity index (χ1v) is 5.38. The molecule has 1 saturated carbocycles. The summed E-state index contributed by atoms with van der Waals surface area (Å²) in [6, 6.07) is 0. The van der Waals surface area contributed by atoms with Crippen LogP contribution < -0.4 is 0 Å². The van der Waals surface area contributed by atoms with E-state index >= 15 is 0 Å². The quantitative estimate of drug-likeness (QED) is 0.623. The lowest BCUT2D eigenvalue weighted by Gasteiger charge is -2.44. The van der Waals surface area contributed by atoms with E-state index in [9.17, 15) is 0 Å². The van der Waals surface area contributed by atoms with Crippen LogP contribution in [0.3, 0.4) is 0 Å². The van der Waals surface area contributed by atoms with Gasteiger partial charge in [-0.15, -0.1) is 0 Å². The summed E-state index contributed by atoms with van der Waals surface area (Å²) >= 11 is 0. The molecule has 2 atom stereocenters. The Morgan fingerprint density at radius 2 is 1.46 bits per heavy atom. The molecule has 0 radical (unpaired) electrons. The van der Waals surface area contributed by atoms with Crippen molar-refractivity contribution in [3.8, 4) is 0 Å². The molecular formula is C11H20O2. The predicted octanol–water partition coefficient (Wildman–Crippen LogP) is 2.57. The van der Waals surface area contributed by atoms with Gasteiger partial charge in [-0.3, -0.25) is 0 Å². The summed E-state index contributed by atoms with van der Waals surface area (Å²) in [5.41, 5.74) is 0. The molecule has 0 aromatic heterocycles. The molecule has 0 amide bonds. The molecule has 76 valence electrons. The second-order valence-electron chi connectivity index (χ2n) is 4.80. The Balaban J connectivity index is 2.07. The minimum absolute atomic E-state index is 0.286. The van der Waals surface area contributed by atoms with Crippen LogP contribution in [0.25, 0.3) is 0 Å². The SMILES string of the molecule is CC1OC(C)(C2CC2)OC(C)C1C. The summed E-state index contributed by atoms with van der Waals surface area (Å²) in [5.74, 6) is 0.863. The topological polar surface area (TPSA) is 18.5 Å². The van der Waals surface area contributed by atoms with Crippen LogP contribution in [-0.2, 0) is 9.47 Å². The molecule has 2 heteroatoms. The van der Waals surface area contributed by atoms with Crippen LogP contribution in [0, 0.1) is 11.8 Å². The van der Waals surface area contributed by atoms with E-state index in [1.54, 1.807) is 0 Å². The Hall–Kier alpha value is -0.0800. The van der Waals surface area contributed by atoms with Crippen molar-refractivity contribution in [1.82, 2.24) is 0 Å². The van der Waals surface area contributed by atoms with Crippen molar-refractivity contribution in [2.75, 3.05) is 0 Å². The Labute approximate surface area is 80.6 Å². The smallest absolute Gasteiger partial charge is 0.169 e. The summed E-state index contributed by atoms with van der Waals surface area (Å²) in [7, 11) is 0. The van der Waals surface area contributed by atoms with E-state index in [4.69, 9.17) is 9.47 Å². The van der Waals surface area contributed by atoms with Crippen molar-refractivity contribution >= 4 is 0 Å². The lowest BCUT2D eigenvalue weighted by molar-refractivity contribution is -0.329. The lowest BCUT2D eigenvalue weighted by Crippen LogP contribution is -2.50. The van der Waals surface area contributed by atoms with Gasteiger partial charge in [0.25, 0.3) is 0 Å². The standard InChI is InChI=1S/C11H20O2/c1-7-8(2)12-11(4,10-5-6-10)13-9(7)3/h7-10H,5-6H2,1-4H3. The van der Waals surface area contributed by atoms with Crippen molar-refractivity contribution in [2.45, 2.75) is 58.5 Å². The average molecular weight is 184 g/mol. The minimum atomic E-state index is -0.286. The average Bonchev–Trinajstić information content (AvgIpc) is 2.82. The first-order chi connectivity index (χ1) is 6.03. The Bertz CT molecular complexity index is 186. The normalized spacial score (nSPS) is 52.2. The van der Waals surface area contributed by atoms with Gasteiger partial charge in [-0.25, -0.2) is 0 Å². The Kier molecular flexibility index (Phi) is 2.16. The maximum atomic E-state index is 5.96. The van der Waals surface area contributed by atoms with Gasteiger partial charge in [0.1, 0.15) is 0 Å². The zero-order valence-electron chi connectivity index (χ0n) is 9.04. The third-order valence-corrected chi connectivity index (χ3v) is 3.64. The van der Waals surface area contributed by atoms with Crippen LogP contribution in [-0.4, -0.2) is 18.0 Å². The summed E-state index contributed by atoms with van der Waals surface area (Å²) in [6.45, 7) is 8.61. The molecule has 0 aromatic rings. The molecule has 0 spiro atoms. The molecule has 1 aliphatic heterocycles. The van der Waals surface area contributed by atoms with Gasteiger partial charge < -0.3 is 9.47 Å². The van der Waals surface area contributed by atoms with Crippen molar-refractivity contribution in [3.63, 3.8) is 0 Å². The van der Waals surface area contributed by atoms with Crippen molar-refractivity contribution in [2.24, 2.45) is 11.8 Å². The first kappa shape index (κ1) is 9.47. The van der Waals surface area contributed by atoms with Crippen molar-refractivity contribution < 1.29 is 9.47 Å². The van der Waals surface area contributed by atoms with Crippen molar-refractivity contribution in [3.05, 3.63) is 0 Å². The van der Waals surface area contributed by atoms with E-state index in [1.807, 2.05) is 0 Å². The predicted molar refractivity (Wildman–Crippen MR) is 51.4 cm³/mol. The van der Waals surface area contributed by atoms with Gasteiger partial charge in [0.15, 0.2) is 5.79 Å². The largest absolute Gasteiger partial charge is 0.347 e. The highest BCUT2D eigenvalue weighted by Gasteiger charge is 2.49. The molecule has 13 heavy (non-hydrogen) atoms. The molecule has 2 nitrogen and oxygen atoms in total. The fourth-order valence-corrected chi connectivity index (χ4v) is 2.16. The van der Waals surface area contributed by atoms with Gasteiger partial charge in [-0.1, -0.05) is 6.92 Å². The first-order valence-electron chi connectivity index (χ1n) is 5.38. The fourth-order valence-electron chi connectivity index (χ4n) is 2.16. The highest BCUT2D eigenvalue weighted by molar-refractivity contribution is 4.91. The molecular weight excluding hydrogens is 164 g/mol. The summed E-state index contributed by atoms with van der Waals surface area (Å²) in [4.78, 5) is 0. The van der Waals surface area contributed by atoms with Crippen LogP contribution in [0.15, 0.2) is 0 Å². The molecule has 0 N–H and O–H groups in total. The Morgan fingerprint density at radius 1 is 1.00 bits per heavy atom. The number of hydrogen-bond donors (Lipinski definition) is 0. The van der Waals surface area contributed by atoms with E-state index in [-0.39, 0.29) is 5.79 Å². The van der Waals surface area contributed by atoms with Gasteiger partial charge in [0, 0.05) is 11.8 Å². The zero-order valence-corrected chi connectivity index (χ0v) is 9.04. The molecule has 1 aliphatic carbocycles. The number of rotatable bonds is 1. The molecule has 0 aromatic carbocycles. The third-order valence-electron chi connectivity index (χ3n) is 3.64. The zero-order chi connectivity index (χ0) is 9.64. The molecule has 0 bridgehead atoms. The fraction of sp³-hybridized carbons (Fsp3) is 1.00. The lowest BCUT2D eigenvalue weighted by atomic mass is 9.97. The van der Waals surface area contributed by atoms with E-state index < -0.39 is 0 Å². The highest BCUT2D eigenvalue weighted by atomic mass is 16.7. The highest BCUT2D eigenvalue weighted by Crippen LogP contribution is 2.46. The van der Waals surface area contributed by atoms with E-state index in [0.717, 1.165) is 0 Å². The molecule has 1 saturated heterocycles. The van der Waals surface area contributed by atoms with Crippen molar-refractivity contribution in [1.29, 1.82) is 0 Å². The van der Waals surface area contributed by atoms with Gasteiger partial charge in [-0.2, -0.15) is 0 Å². The van der Waals surface area contributed by atoms with Gasteiger partial charge in [0.05, 0.1) is 12.2 Å². The van der Waals surface area contributed by atoms with E-state index in [1.165, 1.54) is 12.8 Å². The molecule has 1 heterocycles. The third kappa shape index (κ3) is 1.62. The van der Waals surface area contributed by atoms with Gasteiger partial charge in [-0.05, 0) is 33.6 Å². The van der Waals surface area contributed by atoms with Crippen LogP contribution in [0.5, 0.6) is 0 Å². The minimum Gasteiger partial charge on any atom is -0.347 e. The monoisotopic (exact) mass is 184 g/mol. The summed E-state index contributed by atoms with van der Waals surface area (Å²) in [5, 5.41) is 0. The summed E-state index contributed by atoms with van der Waals surface area (Å²) in [6.07, 6.45) is 3.19. The summed E-state index contributed by atoms with van der Waals surface area (Å²) < 4.78 is 11.9. The van der Waals surface area contributed by atoms with E-state index in [0.29, 0.717) is 24.0 Å². The maximum absolute atomic E-state index is 5.96. The molecule has 2 rings (SSSR count). The Morgan fingerprint density at radius 3 is 1.85 bits per heavy atom. The van der Waals surface area contributed by atoms with E-state index in [2.05, 4.69) is 27.7 Å². The van der Waals surface area contributed by atoms with Crippen LogP contribution >= 0.6 is 0 Å². The second-order valence-corrected chi connectivity index (χ2v) is 4.80. The van der Waals surface area contributed by atoms with Crippen LogP contribution in [0.2, 0.25) is 0 Å². The maximum Gasteiger partial charge on any atom is 0.169 e. The van der Waals surface area contributed by atoms with Gasteiger partial charge in [0.2, 0.25) is 0 Å².